The number of nitrogens with zero attached hydrogens (tertiary/aromatic N) is 2. The molecular formula is C14H14N2O2. The molecule has 4 nitrogen and oxygen atoms in total. The first-order valence-corrected chi connectivity index (χ1v) is 5.82. The quantitative estimate of drug-likeness (QED) is 0.712. The SMILES string of the molecule is CCC(=O)O.c1ccc2c(c1)Cc1nccnc1-2. The van der Waals surface area contributed by atoms with Crippen molar-refractivity contribution in [2.75, 3.05) is 0 Å². The minimum absolute atomic E-state index is 0.222. The normalized spacial score (nSPS) is 10.9. The summed E-state index contributed by atoms with van der Waals surface area (Å²) in [5, 5.41) is 7.72. The van der Waals surface area contributed by atoms with Crippen LogP contribution in [0.15, 0.2) is 36.7 Å². The van der Waals surface area contributed by atoms with E-state index in [1.54, 1.807) is 19.3 Å². The highest BCUT2D eigenvalue weighted by Crippen LogP contribution is 2.32. The van der Waals surface area contributed by atoms with Crippen LogP contribution in [0, 0.1) is 0 Å². The average molecular weight is 242 g/mol. The van der Waals surface area contributed by atoms with Gasteiger partial charge in [-0.2, -0.15) is 0 Å². The van der Waals surface area contributed by atoms with Crippen LogP contribution < -0.4 is 0 Å². The predicted molar refractivity (Wildman–Crippen MR) is 68.2 cm³/mol. The van der Waals surface area contributed by atoms with Gasteiger partial charge in [-0.15, -0.1) is 0 Å². The molecule has 1 aromatic heterocycles. The highest BCUT2D eigenvalue weighted by molar-refractivity contribution is 5.71. The van der Waals surface area contributed by atoms with Gasteiger partial charge in [0.25, 0.3) is 0 Å². The van der Waals surface area contributed by atoms with Crippen LogP contribution in [-0.2, 0) is 11.2 Å². The molecule has 4 heteroatoms. The lowest BCUT2D eigenvalue weighted by Crippen LogP contribution is -1.86. The molecule has 0 bridgehead atoms. The van der Waals surface area contributed by atoms with Gasteiger partial charge in [0.05, 0.1) is 11.4 Å². The molecule has 0 atom stereocenters. The lowest BCUT2D eigenvalue weighted by molar-refractivity contribution is -0.136. The van der Waals surface area contributed by atoms with Crippen molar-refractivity contribution >= 4 is 5.97 Å². The van der Waals surface area contributed by atoms with E-state index in [9.17, 15) is 4.79 Å². The molecule has 3 rings (SSSR count). The van der Waals surface area contributed by atoms with Crippen LogP contribution in [0.4, 0.5) is 0 Å². The minimum Gasteiger partial charge on any atom is -0.481 e. The molecule has 1 aliphatic rings. The first-order valence-electron chi connectivity index (χ1n) is 5.82. The lowest BCUT2D eigenvalue weighted by atomic mass is 10.1. The molecule has 0 amide bonds. The molecule has 1 aliphatic carbocycles. The van der Waals surface area contributed by atoms with Crippen molar-refractivity contribution in [3.63, 3.8) is 0 Å². The number of carboxylic acids is 1. The topological polar surface area (TPSA) is 63.1 Å². The molecule has 1 N–H and O–H groups in total. The van der Waals surface area contributed by atoms with E-state index in [-0.39, 0.29) is 6.42 Å². The summed E-state index contributed by atoms with van der Waals surface area (Å²) < 4.78 is 0. The van der Waals surface area contributed by atoms with Crippen molar-refractivity contribution < 1.29 is 9.90 Å². The number of hydrogen-bond acceptors (Lipinski definition) is 3. The smallest absolute Gasteiger partial charge is 0.303 e. The second kappa shape index (κ2) is 5.40. The first kappa shape index (κ1) is 12.2. The number of benzene rings is 1. The van der Waals surface area contributed by atoms with Gasteiger partial charge in [0.15, 0.2) is 0 Å². The van der Waals surface area contributed by atoms with Gasteiger partial charge in [0.1, 0.15) is 0 Å². The summed E-state index contributed by atoms with van der Waals surface area (Å²) in [7, 11) is 0. The van der Waals surface area contributed by atoms with Crippen molar-refractivity contribution in [3.8, 4) is 11.3 Å². The van der Waals surface area contributed by atoms with Crippen LogP contribution in [0.3, 0.4) is 0 Å². The standard InChI is InChI=1S/C11H8N2.C3H6O2/c1-2-4-9-8(3-1)7-10-11(9)13-6-5-12-10;1-2-3(4)5/h1-6H,7H2;2H2,1H3,(H,4,5). The maximum absolute atomic E-state index is 9.37. The summed E-state index contributed by atoms with van der Waals surface area (Å²) >= 11 is 0. The molecular weight excluding hydrogens is 228 g/mol. The second-order valence-corrected chi connectivity index (χ2v) is 3.93. The Hall–Kier alpha value is -2.23. The van der Waals surface area contributed by atoms with Gasteiger partial charge in [-0.1, -0.05) is 31.2 Å². The summed E-state index contributed by atoms with van der Waals surface area (Å²) in [6.07, 6.45) is 4.66. The van der Waals surface area contributed by atoms with Crippen LogP contribution in [0.1, 0.15) is 24.6 Å². The van der Waals surface area contributed by atoms with Gasteiger partial charge in [-0.25, -0.2) is 0 Å². The number of rotatable bonds is 1. The van der Waals surface area contributed by atoms with Crippen molar-refractivity contribution in [3.05, 3.63) is 47.9 Å². The molecule has 0 unspecified atom stereocenters. The van der Waals surface area contributed by atoms with E-state index in [1.807, 2.05) is 6.07 Å². The Labute approximate surface area is 105 Å². The molecule has 0 radical (unpaired) electrons. The number of hydrogen-bond donors (Lipinski definition) is 1. The summed E-state index contributed by atoms with van der Waals surface area (Å²) in [5.41, 5.74) is 4.73. The third kappa shape index (κ3) is 2.53. The van der Waals surface area contributed by atoms with E-state index in [2.05, 4.69) is 28.2 Å². The zero-order valence-corrected chi connectivity index (χ0v) is 10.1. The number of aromatic nitrogens is 2. The maximum atomic E-state index is 9.37. The Kier molecular flexibility index (Phi) is 3.67. The maximum Gasteiger partial charge on any atom is 0.303 e. The molecule has 2 aromatic rings. The molecule has 1 heterocycles. The lowest BCUT2D eigenvalue weighted by Gasteiger charge is -1.96. The second-order valence-electron chi connectivity index (χ2n) is 3.93. The fourth-order valence-corrected chi connectivity index (χ4v) is 1.81. The van der Waals surface area contributed by atoms with Crippen LogP contribution in [0.2, 0.25) is 0 Å². The van der Waals surface area contributed by atoms with E-state index in [4.69, 9.17) is 5.11 Å². The third-order valence-electron chi connectivity index (χ3n) is 2.71. The Morgan fingerprint density at radius 2 is 1.94 bits per heavy atom. The van der Waals surface area contributed by atoms with Gasteiger partial charge in [0, 0.05) is 30.8 Å². The highest BCUT2D eigenvalue weighted by atomic mass is 16.4. The molecule has 0 saturated heterocycles. The average Bonchev–Trinajstić information content (AvgIpc) is 2.78. The van der Waals surface area contributed by atoms with E-state index in [0.29, 0.717) is 0 Å². The van der Waals surface area contributed by atoms with Crippen molar-refractivity contribution in [1.82, 2.24) is 9.97 Å². The van der Waals surface area contributed by atoms with E-state index >= 15 is 0 Å². The van der Waals surface area contributed by atoms with Gasteiger partial charge in [-0.05, 0) is 5.56 Å². The number of aliphatic carboxylic acids is 1. The number of carbonyl (C=O) groups is 1. The Bertz CT molecular complexity index is 524. The molecule has 0 aliphatic heterocycles. The van der Waals surface area contributed by atoms with Gasteiger partial charge in [0.2, 0.25) is 0 Å². The van der Waals surface area contributed by atoms with Crippen molar-refractivity contribution in [2.24, 2.45) is 0 Å². The van der Waals surface area contributed by atoms with Gasteiger partial charge >= 0.3 is 5.97 Å². The molecule has 0 saturated carbocycles. The van der Waals surface area contributed by atoms with Crippen LogP contribution in [0.25, 0.3) is 11.3 Å². The Morgan fingerprint density at radius 1 is 1.28 bits per heavy atom. The zero-order valence-electron chi connectivity index (χ0n) is 10.1. The number of fused-ring (bicyclic) bond motifs is 3. The largest absolute Gasteiger partial charge is 0.481 e. The number of carboxylic acid groups (broad SMARTS) is 1. The van der Waals surface area contributed by atoms with E-state index in [1.165, 1.54) is 11.1 Å². The van der Waals surface area contributed by atoms with Crippen LogP contribution in [0.5, 0.6) is 0 Å². The molecule has 0 spiro atoms. The molecule has 0 fully saturated rings. The van der Waals surface area contributed by atoms with E-state index in [0.717, 1.165) is 17.8 Å². The minimum atomic E-state index is -0.745. The predicted octanol–water partition coefficient (Wildman–Crippen LogP) is 2.53. The summed E-state index contributed by atoms with van der Waals surface area (Å²) in [6.45, 7) is 1.60. The summed E-state index contributed by atoms with van der Waals surface area (Å²) in [6, 6.07) is 8.35. The van der Waals surface area contributed by atoms with Crippen molar-refractivity contribution in [1.29, 1.82) is 0 Å². The summed E-state index contributed by atoms with van der Waals surface area (Å²) in [4.78, 5) is 18.0. The van der Waals surface area contributed by atoms with Gasteiger partial charge < -0.3 is 5.11 Å². The zero-order chi connectivity index (χ0) is 13.0. The van der Waals surface area contributed by atoms with Crippen molar-refractivity contribution in [2.45, 2.75) is 19.8 Å². The Morgan fingerprint density at radius 3 is 2.67 bits per heavy atom. The third-order valence-corrected chi connectivity index (χ3v) is 2.71. The van der Waals surface area contributed by atoms with Crippen LogP contribution >= 0.6 is 0 Å². The molecule has 1 aromatic carbocycles. The monoisotopic (exact) mass is 242 g/mol. The highest BCUT2D eigenvalue weighted by Gasteiger charge is 2.18. The Balaban J connectivity index is 0.000000209. The van der Waals surface area contributed by atoms with Gasteiger partial charge in [-0.3, -0.25) is 14.8 Å². The fraction of sp³-hybridized carbons (Fsp3) is 0.214. The summed E-state index contributed by atoms with van der Waals surface area (Å²) in [5.74, 6) is -0.745. The fourth-order valence-electron chi connectivity index (χ4n) is 1.81. The van der Waals surface area contributed by atoms with E-state index < -0.39 is 5.97 Å². The molecule has 92 valence electrons. The first-order chi connectivity index (χ1) is 8.72. The van der Waals surface area contributed by atoms with Crippen LogP contribution in [-0.4, -0.2) is 21.0 Å². The molecule has 18 heavy (non-hydrogen) atoms.